The van der Waals surface area contributed by atoms with Crippen LogP contribution >= 0.6 is 22.9 Å². The summed E-state index contributed by atoms with van der Waals surface area (Å²) < 4.78 is 0. The predicted molar refractivity (Wildman–Crippen MR) is 120 cm³/mol. The van der Waals surface area contributed by atoms with E-state index >= 15 is 0 Å². The number of halogens is 1. The topological polar surface area (TPSA) is 60.8 Å². The summed E-state index contributed by atoms with van der Waals surface area (Å²) in [6.45, 7) is 10.5. The molecule has 1 amide bonds. The smallest absolute Gasteiger partial charge is 0.227 e. The monoisotopic (exact) mass is 433 g/mol. The lowest BCUT2D eigenvalue weighted by atomic mass is 10.1. The molecule has 1 N–H and O–H groups in total. The lowest BCUT2D eigenvalue weighted by Gasteiger charge is -2.36. The number of amides is 1. The SMILES string of the molecule is CCNC(=NCc1sc(C)nc1C)N1CCN(C(=O)Cc2cccc(Cl)c2)CC1. The van der Waals surface area contributed by atoms with Crippen LogP contribution in [0.3, 0.4) is 0 Å². The molecule has 3 rings (SSSR count). The maximum Gasteiger partial charge on any atom is 0.227 e. The van der Waals surface area contributed by atoms with E-state index in [1.807, 2.05) is 43.0 Å². The van der Waals surface area contributed by atoms with Gasteiger partial charge < -0.3 is 15.1 Å². The van der Waals surface area contributed by atoms with Gasteiger partial charge in [0, 0.05) is 42.6 Å². The predicted octanol–water partition coefficient (Wildman–Crippen LogP) is 3.27. The zero-order valence-electron chi connectivity index (χ0n) is 17.2. The Labute approximate surface area is 181 Å². The van der Waals surface area contributed by atoms with E-state index < -0.39 is 0 Å². The average Bonchev–Trinajstić information content (AvgIpc) is 3.02. The Bertz CT molecular complexity index is 874. The van der Waals surface area contributed by atoms with Gasteiger partial charge in [-0.15, -0.1) is 11.3 Å². The first kappa shape index (κ1) is 21.6. The van der Waals surface area contributed by atoms with Crippen LogP contribution in [0.2, 0.25) is 5.02 Å². The largest absolute Gasteiger partial charge is 0.357 e. The van der Waals surface area contributed by atoms with Crippen molar-refractivity contribution < 1.29 is 4.79 Å². The molecule has 1 aliphatic rings. The molecule has 0 spiro atoms. The van der Waals surface area contributed by atoms with Gasteiger partial charge in [0.05, 0.1) is 23.7 Å². The van der Waals surface area contributed by atoms with Gasteiger partial charge in [-0.1, -0.05) is 23.7 Å². The molecule has 2 aromatic rings. The number of aryl methyl sites for hydroxylation is 2. The molecular formula is C21H28ClN5OS. The summed E-state index contributed by atoms with van der Waals surface area (Å²) in [5.41, 5.74) is 2.01. The van der Waals surface area contributed by atoms with E-state index in [4.69, 9.17) is 16.6 Å². The second-order valence-electron chi connectivity index (χ2n) is 7.09. The van der Waals surface area contributed by atoms with E-state index in [0.29, 0.717) is 31.1 Å². The standard InChI is InChI=1S/C21H28ClN5OS/c1-4-23-21(24-14-19-15(2)25-16(3)29-19)27-10-8-26(9-11-27)20(28)13-17-6-5-7-18(22)12-17/h5-7,12H,4,8-11,13-14H2,1-3H3,(H,23,24). The van der Waals surface area contributed by atoms with E-state index in [0.717, 1.165) is 41.9 Å². The highest BCUT2D eigenvalue weighted by molar-refractivity contribution is 7.11. The Balaban J connectivity index is 1.57. The van der Waals surface area contributed by atoms with Gasteiger partial charge in [-0.05, 0) is 38.5 Å². The molecule has 6 nitrogen and oxygen atoms in total. The van der Waals surface area contributed by atoms with Crippen molar-refractivity contribution in [3.63, 3.8) is 0 Å². The summed E-state index contributed by atoms with van der Waals surface area (Å²) in [7, 11) is 0. The molecule has 1 aromatic heterocycles. The van der Waals surface area contributed by atoms with Gasteiger partial charge in [-0.25, -0.2) is 9.98 Å². The van der Waals surface area contributed by atoms with Crippen LogP contribution in [0.15, 0.2) is 29.3 Å². The molecule has 0 bridgehead atoms. The quantitative estimate of drug-likeness (QED) is 0.580. The number of thiazole rings is 1. The van der Waals surface area contributed by atoms with Crippen LogP contribution in [-0.4, -0.2) is 59.4 Å². The number of carbonyl (C=O) groups is 1. The van der Waals surface area contributed by atoms with E-state index in [1.165, 1.54) is 4.88 Å². The van der Waals surface area contributed by atoms with Crippen molar-refractivity contribution in [3.05, 3.63) is 50.4 Å². The molecule has 1 fully saturated rings. The summed E-state index contributed by atoms with van der Waals surface area (Å²) in [5.74, 6) is 1.05. The maximum atomic E-state index is 12.6. The van der Waals surface area contributed by atoms with Crippen molar-refractivity contribution in [1.29, 1.82) is 0 Å². The van der Waals surface area contributed by atoms with Gasteiger partial charge in [-0.2, -0.15) is 0 Å². The molecule has 0 aliphatic carbocycles. The third-order valence-corrected chi connectivity index (χ3v) is 6.18. The Morgan fingerprint density at radius 1 is 1.24 bits per heavy atom. The number of nitrogens with zero attached hydrogens (tertiary/aromatic N) is 4. The van der Waals surface area contributed by atoms with Crippen LogP contribution in [0.5, 0.6) is 0 Å². The number of aromatic nitrogens is 1. The lowest BCUT2D eigenvalue weighted by Crippen LogP contribution is -2.54. The molecule has 1 saturated heterocycles. The minimum atomic E-state index is 0.143. The fourth-order valence-electron chi connectivity index (χ4n) is 3.39. The summed E-state index contributed by atoms with van der Waals surface area (Å²) in [6, 6.07) is 7.51. The fourth-order valence-corrected chi connectivity index (χ4v) is 4.47. The third kappa shape index (κ3) is 5.93. The first-order valence-corrected chi connectivity index (χ1v) is 11.1. The molecule has 8 heteroatoms. The normalized spacial score (nSPS) is 15.0. The van der Waals surface area contributed by atoms with Gasteiger partial charge in [0.15, 0.2) is 5.96 Å². The summed E-state index contributed by atoms with van der Waals surface area (Å²) >= 11 is 7.73. The van der Waals surface area contributed by atoms with Crippen molar-refractivity contribution in [1.82, 2.24) is 20.1 Å². The van der Waals surface area contributed by atoms with Gasteiger partial charge in [-0.3, -0.25) is 4.79 Å². The van der Waals surface area contributed by atoms with Crippen LogP contribution in [-0.2, 0) is 17.8 Å². The van der Waals surface area contributed by atoms with Crippen molar-refractivity contribution in [2.24, 2.45) is 4.99 Å². The van der Waals surface area contributed by atoms with Crippen molar-refractivity contribution in [2.45, 2.75) is 33.7 Å². The van der Waals surface area contributed by atoms with Crippen molar-refractivity contribution in [3.8, 4) is 0 Å². The van der Waals surface area contributed by atoms with Crippen LogP contribution in [0.4, 0.5) is 0 Å². The van der Waals surface area contributed by atoms with Crippen molar-refractivity contribution >= 4 is 34.8 Å². The van der Waals surface area contributed by atoms with Crippen LogP contribution in [0.25, 0.3) is 0 Å². The lowest BCUT2D eigenvalue weighted by molar-refractivity contribution is -0.131. The molecule has 0 radical (unpaired) electrons. The van der Waals surface area contributed by atoms with Gasteiger partial charge >= 0.3 is 0 Å². The molecule has 156 valence electrons. The Morgan fingerprint density at radius 3 is 2.59 bits per heavy atom. The van der Waals surface area contributed by atoms with Crippen LogP contribution < -0.4 is 5.32 Å². The Kier molecular flexibility index (Phi) is 7.50. The number of hydrogen-bond donors (Lipinski definition) is 1. The highest BCUT2D eigenvalue weighted by atomic mass is 35.5. The maximum absolute atomic E-state index is 12.6. The molecule has 2 heterocycles. The molecule has 29 heavy (non-hydrogen) atoms. The second-order valence-corrected chi connectivity index (χ2v) is 8.81. The van der Waals surface area contributed by atoms with E-state index in [-0.39, 0.29) is 5.91 Å². The number of nitrogens with one attached hydrogen (secondary N) is 1. The number of rotatable bonds is 5. The van der Waals surface area contributed by atoms with E-state index in [9.17, 15) is 4.79 Å². The van der Waals surface area contributed by atoms with E-state index in [2.05, 4.69) is 22.1 Å². The third-order valence-electron chi connectivity index (χ3n) is 4.88. The number of aliphatic imine (C=N–C) groups is 1. The summed E-state index contributed by atoms with van der Waals surface area (Å²) in [5, 5.41) is 5.12. The van der Waals surface area contributed by atoms with E-state index in [1.54, 1.807) is 11.3 Å². The summed E-state index contributed by atoms with van der Waals surface area (Å²) in [6.07, 6.45) is 0.388. The number of piperazine rings is 1. The number of carbonyl (C=O) groups excluding carboxylic acids is 1. The van der Waals surface area contributed by atoms with Gasteiger partial charge in [0.1, 0.15) is 0 Å². The first-order valence-electron chi connectivity index (χ1n) is 9.94. The number of benzene rings is 1. The van der Waals surface area contributed by atoms with Crippen LogP contribution in [0.1, 0.15) is 28.1 Å². The second kappa shape index (κ2) is 10.1. The molecule has 1 aliphatic heterocycles. The van der Waals surface area contributed by atoms with Crippen molar-refractivity contribution in [2.75, 3.05) is 32.7 Å². The first-order chi connectivity index (χ1) is 14.0. The van der Waals surface area contributed by atoms with Gasteiger partial charge in [0.25, 0.3) is 0 Å². The average molecular weight is 434 g/mol. The summed E-state index contributed by atoms with van der Waals surface area (Å²) in [4.78, 5) is 27.3. The molecular weight excluding hydrogens is 406 g/mol. The molecule has 0 atom stereocenters. The Morgan fingerprint density at radius 2 is 1.97 bits per heavy atom. The highest BCUT2D eigenvalue weighted by Gasteiger charge is 2.23. The molecule has 0 unspecified atom stereocenters. The fraction of sp³-hybridized carbons (Fsp3) is 0.476. The Hall–Kier alpha value is -2.12. The minimum absolute atomic E-state index is 0.143. The molecule has 0 saturated carbocycles. The van der Waals surface area contributed by atoms with Crippen LogP contribution in [0, 0.1) is 13.8 Å². The number of hydrogen-bond acceptors (Lipinski definition) is 4. The number of guanidine groups is 1. The zero-order valence-corrected chi connectivity index (χ0v) is 18.8. The highest BCUT2D eigenvalue weighted by Crippen LogP contribution is 2.18. The minimum Gasteiger partial charge on any atom is -0.357 e. The zero-order chi connectivity index (χ0) is 20.8. The molecule has 1 aromatic carbocycles. The van der Waals surface area contributed by atoms with Gasteiger partial charge in [0.2, 0.25) is 5.91 Å².